The molecule has 0 radical (unpaired) electrons. The van der Waals surface area contributed by atoms with Gasteiger partial charge < -0.3 is 15.1 Å². The van der Waals surface area contributed by atoms with Crippen molar-refractivity contribution in [1.29, 1.82) is 0 Å². The van der Waals surface area contributed by atoms with Crippen LogP contribution in [0.1, 0.15) is 42.7 Å². The molecular formula is C15H21N5O2. The van der Waals surface area contributed by atoms with Gasteiger partial charge in [0.15, 0.2) is 0 Å². The van der Waals surface area contributed by atoms with E-state index in [0.29, 0.717) is 19.5 Å². The van der Waals surface area contributed by atoms with Crippen molar-refractivity contribution in [3.8, 4) is 0 Å². The molecule has 22 heavy (non-hydrogen) atoms. The van der Waals surface area contributed by atoms with Crippen LogP contribution in [0.5, 0.6) is 0 Å². The highest BCUT2D eigenvalue weighted by Crippen LogP contribution is 2.22. The maximum absolute atomic E-state index is 11.5. The van der Waals surface area contributed by atoms with Gasteiger partial charge in [-0.2, -0.15) is 0 Å². The summed E-state index contributed by atoms with van der Waals surface area (Å²) in [6.07, 6.45) is 7.05. The molecule has 0 saturated heterocycles. The highest BCUT2D eigenvalue weighted by Gasteiger charge is 2.33. The third-order valence-electron chi connectivity index (χ3n) is 4.10. The summed E-state index contributed by atoms with van der Waals surface area (Å²) in [5.74, 6) is 0.169. The molecule has 3 N–H and O–H groups in total. The minimum atomic E-state index is -0.806. The molecule has 1 atom stereocenters. The van der Waals surface area contributed by atoms with Crippen molar-refractivity contribution >= 4 is 5.97 Å². The normalized spacial score (nSPS) is 18.3. The summed E-state index contributed by atoms with van der Waals surface area (Å²) in [4.78, 5) is 28.4. The molecule has 1 aliphatic heterocycles. The van der Waals surface area contributed by atoms with Crippen molar-refractivity contribution in [2.45, 2.75) is 51.7 Å². The van der Waals surface area contributed by atoms with Gasteiger partial charge in [0.25, 0.3) is 0 Å². The van der Waals surface area contributed by atoms with E-state index in [2.05, 4.69) is 26.9 Å². The molecule has 0 amide bonds. The minimum absolute atomic E-state index is 0.436. The molecular weight excluding hydrogens is 282 g/mol. The molecule has 0 bridgehead atoms. The zero-order valence-corrected chi connectivity index (χ0v) is 12.7. The average Bonchev–Trinajstić information content (AvgIpc) is 3.12. The molecule has 3 heterocycles. The van der Waals surface area contributed by atoms with Crippen molar-refractivity contribution in [3.63, 3.8) is 0 Å². The standard InChI is InChI=1S/C15H21N5O2/c1-2-3-4-14-16-6-10(19-14)7-20-8-12-11(17-9-18-12)5-13(20)15(21)22/h6,9,13H,2-5,7-8H2,1H3,(H,16,19)(H,17,18)(H,21,22)/t13-/m1/s1. The van der Waals surface area contributed by atoms with Gasteiger partial charge in [0.05, 0.1) is 17.7 Å². The van der Waals surface area contributed by atoms with Crippen molar-refractivity contribution < 1.29 is 9.90 Å². The molecule has 0 unspecified atom stereocenters. The van der Waals surface area contributed by atoms with Gasteiger partial charge in [-0.15, -0.1) is 0 Å². The van der Waals surface area contributed by atoms with E-state index in [1.165, 1.54) is 0 Å². The fraction of sp³-hybridized carbons (Fsp3) is 0.533. The highest BCUT2D eigenvalue weighted by atomic mass is 16.4. The van der Waals surface area contributed by atoms with Gasteiger partial charge in [0.1, 0.15) is 11.9 Å². The van der Waals surface area contributed by atoms with Crippen LogP contribution in [0, 0.1) is 0 Å². The van der Waals surface area contributed by atoms with Gasteiger partial charge in [-0.3, -0.25) is 9.69 Å². The Morgan fingerprint density at radius 3 is 3.14 bits per heavy atom. The first-order chi connectivity index (χ1) is 10.7. The maximum atomic E-state index is 11.5. The number of carboxylic acids is 1. The number of nitrogens with zero attached hydrogens (tertiary/aromatic N) is 3. The first-order valence-electron chi connectivity index (χ1n) is 7.68. The Morgan fingerprint density at radius 2 is 2.36 bits per heavy atom. The van der Waals surface area contributed by atoms with Gasteiger partial charge >= 0.3 is 5.97 Å². The number of hydrogen-bond donors (Lipinski definition) is 3. The van der Waals surface area contributed by atoms with Crippen LogP contribution in [-0.4, -0.2) is 42.0 Å². The summed E-state index contributed by atoms with van der Waals surface area (Å²) in [7, 11) is 0. The molecule has 7 nitrogen and oxygen atoms in total. The van der Waals surface area contributed by atoms with E-state index in [0.717, 1.165) is 42.2 Å². The molecule has 0 fully saturated rings. The highest BCUT2D eigenvalue weighted by molar-refractivity contribution is 5.74. The first kappa shape index (κ1) is 14.8. The van der Waals surface area contributed by atoms with Gasteiger partial charge in [-0.25, -0.2) is 9.97 Å². The molecule has 0 aromatic carbocycles. The maximum Gasteiger partial charge on any atom is 0.321 e. The Kier molecular flexibility index (Phi) is 4.24. The van der Waals surface area contributed by atoms with Gasteiger partial charge in [0, 0.05) is 37.8 Å². The number of hydrogen-bond acceptors (Lipinski definition) is 4. The second kappa shape index (κ2) is 6.31. The molecule has 7 heteroatoms. The van der Waals surface area contributed by atoms with Crippen molar-refractivity contribution in [2.75, 3.05) is 0 Å². The van der Waals surface area contributed by atoms with Crippen molar-refractivity contribution in [2.24, 2.45) is 0 Å². The van der Waals surface area contributed by atoms with Crippen LogP contribution in [0.4, 0.5) is 0 Å². The Bertz CT molecular complexity index is 648. The number of unbranched alkanes of at least 4 members (excludes halogenated alkanes) is 1. The number of H-pyrrole nitrogens is 2. The molecule has 3 rings (SSSR count). The lowest BCUT2D eigenvalue weighted by Crippen LogP contribution is -2.45. The third kappa shape index (κ3) is 3.04. The lowest BCUT2D eigenvalue weighted by molar-refractivity contribution is -0.144. The van der Waals surface area contributed by atoms with Crippen LogP contribution >= 0.6 is 0 Å². The molecule has 0 spiro atoms. The number of aromatic amines is 2. The number of aromatic nitrogens is 4. The van der Waals surface area contributed by atoms with E-state index in [1.807, 2.05) is 11.1 Å². The number of carbonyl (C=O) groups is 1. The SMILES string of the molecule is CCCCc1ncc(CN2Cc3[nH]cnc3C[C@@H]2C(=O)O)[nH]1. The smallest absolute Gasteiger partial charge is 0.321 e. The van der Waals surface area contributed by atoms with Crippen LogP contribution in [0.3, 0.4) is 0 Å². The summed E-state index contributed by atoms with van der Waals surface area (Å²) in [5, 5.41) is 9.47. The number of carboxylic acid groups (broad SMARTS) is 1. The van der Waals surface area contributed by atoms with E-state index >= 15 is 0 Å². The van der Waals surface area contributed by atoms with E-state index in [1.54, 1.807) is 6.33 Å². The molecule has 0 saturated carbocycles. The Hall–Kier alpha value is -2.15. The zero-order valence-electron chi connectivity index (χ0n) is 12.7. The summed E-state index contributed by atoms with van der Waals surface area (Å²) in [5.41, 5.74) is 2.82. The largest absolute Gasteiger partial charge is 0.480 e. The summed E-state index contributed by atoms with van der Waals surface area (Å²) in [6, 6.07) is -0.543. The summed E-state index contributed by atoms with van der Waals surface area (Å²) in [6.45, 7) is 3.27. The van der Waals surface area contributed by atoms with Crippen LogP contribution in [-0.2, 0) is 30.7 Å². The summed E-state index contributed by atoms with van der Waals surface area (Å²) < 4.78 is 0. The molecule has 2 aromatic heterocycles. The second-order valence-corrected chi connectivity index (χ2v) is 5.75. The predicted molar refractivity (Wildman–Crippen MR) is 80.2 cm³/mol. The van der Waals surface area contributed by atoms with E-state index in [9.17, 15) is 9.90 Å². The number of imidazole rings is 2. The minimum Gasteiger partial charge on any atom is -0.480 e. The van der Waals surface area contributed by atoms with Crippen molar-refractivity contribution in [1.82, 2.24) is 24.8 Å². The Labute approximate surface area is 128 Å². The molecule has 0 aliphatic carbocycles. The van der Waals surface area contributed by atoms with Gasteiger partial charge in [0.2, 0.25) is 0 Å². The lowest BCUT2D eigenvalue weighted by atomic mass is 10.0. The van der Waals surface area contributed by atoms with Crippen LogP contribution in [0.25, 0.3) is 0 Å². The van der Waals surface area contributed by atoms with E-state index in [-0.39, 0.29) is 0 Å². The molecule has 118 valence electrons. The van der Waals surface area contributed by atoms with Crippen LogP contribution in [0.15, 0.2) is 12.5 Å². The van der Waals surface area contributed by atoms with E-state index < -0.39 is 12.0 Å². The lowest BCUT2D eigenvalue weighted by Gasteiger charge is -2.31. The molecule has 1 aliphatic rings. The quantitative estimate of drug-likeness (QED) is 0.751. The first-order valence-corrected chi connectivity index (χ1v) is 7.68. The number of rotatable bonds is 6. The fourth-order valence-electron chi connectivity index (χ4n) is 2.87. The zero-order chi connectivity index (χ0) is 15.5. The second-order valence-electron chi connectivity index (χ2n) is 5.75. The number of aryl methyl sites for hydroxylation is 1. The van der Waals surface area contributed by atoms with Crippen molar-refractivity contribution in [3.05, 3.63) is 35.4 Å². The average molecular weight is 303 g/mol. The summed E-state index contributed by atoms with van der Waals surface area (Å²) >= 11 is 0. The number of aliphatic carboxylic acids is 1. The fourth-order valence-corrected chi connectivity index (χ4v) is 2.87. The van der Waals surface area contributed by atoms with Gasteiger partial charge in [-0.05, 0) is 6.42 Å². The van der Waals surface area contributed by atoms with E-state index in [4.69, 9.17) is 0 Å². The Morgan fingerprint density at radius 1 is 1.50 bits per heavy atom. The number of nitrogens with one attached hydrogen (secondary N) is 2. The van der Waals surface area contributed by atoms with Gasteiger partial charge in [-0.1, -0.05) is 13.3 Å². The topological polar surface area (TPSA) is 97.9 Å². The number of fused-ring (bicyclic) bond motifs is 1. The Balaban J connectivity index is 1.72. The molecule has 2 aromatic rings. The monoisotopic (exact) mass is 303 g/mol. The predicted octanol–water partition coefficient (Wildman–Crippen LogP) is 1.49. The van der Waals surface area contributed by atoms with Crippen LogP contribution < -0.4 is 0 Å². The third-order valence-corrected chi connectivity index (χ3v) is 4.10. The van der Waals surface area contributed by atoms with Crippen LogP contribution in [0.2, 0.25) is 0 Å².